The number of rotatable bonds is 7. The molecule has 0 unspecified atom stereocenters. The Kier molecular flexibility index (Phi) is 5.37. The Balaban J connectivity index is 1.27. The van der Waals surface area contributed by atoms with Crippen molar-refractivity contribution in [2.24, 2.45) is 0 Å². The molecule has 2 heterocycles. The van der Waals surface area contributed by atoms with Gasteiger partial charge in [0.15, 0.2) is 0 Å². The van der Waals surface area contributed by atoms with Crippen LogP contribution in [0, 0.1) is 5.82 Å². The largest absolute Gasteiger partial charge is 0.361 e. The second-order valence-electron chi connectivity index (χ2n) is 6.97. The van der Waals surface area contributed by atoms with Gasteiger partial charge in [-0.25, -0.2) is 9.37 Å². The molecular weight excluding hydrogens is 371 g/mol. The highest BCUT2D eigenvalue weighted by molar-refractivity contribution is 5.83. The Labute approximate surface area is 166 Å². The summed E-state index contributed by atoms with van der Waals surface area (Å²) < 4.78 is 15.0. The van der Waals surface area contributed by atoms with E-state index in [0.29, 0.717) is 43.3 Å². The molecule has 0 fully saturated rings. The molecule has 148 valence electrons. The van der Waals surface area contributed by atoms with Crippen LogP contribution in [0.2, 0.25) is 0 Å². The van der Waals surface area contributed by atoms with Gasteiger partial charge in [-0.15, -0.1) is 0 Å². The van der Waals surface area contributed by atoms with Crippen molar-refractivity contribution in [3.05, 3.63) is 76.7 Å². The van der Waals surface area contributed by atoms with Gasteiger partial charge in [0.2, 0.25) is 5.91 Å². The zero-order valence-electron chi connectivity index (χ0n) is 15.8. The summed E-state index contributed by atoms with van der Waals surface area (Å²) in [5, 5.41) is 4.30. The molecule has 7 heteroatoms. The number of hydrogen-bond donors (Lipinski definition) is 2. The lowest BCUT2D eigenvalue weighted by molar-refractivity contribution is -0.121. The fraction of sp³-hybridized carbons (Fsp3) is 0.227. The van der Waals surface area contributed by atoms with Gasteiger partial charge in [0.05, 0.1) is 17.2 Å². The summed E-state index contributed by atoms with van der Waals surface area (Å²) in [5.74, 6) is -0.348. The van der Waals surface area contributed by atoms with Gasteiger partial charge in [-0.05, 0) is 48.7 Å². The summed E-state index contributed by atoms with van der Waals surface area (Å²) in [7, 11) is 0. The van der Waals surface area contributed by atoms with E-state index < -0.39 is 0 Å². The number of H-pyrrole nitrogens is 1. The number of aryl methyl sites for hydroxylation is 1. The minimum absolute atomic E-state index is 0.0715. The molecule has 0 aliphatic heterocycles. The van der Waals surface area contributed by atoms with E-state index in [0.717, 1.165) is 16.5 Å². The molecule has 29 heavy (non-hydrogen) atoms. The summed E-state index contributed by atoms with van der Waals surface area (Å²) in [5.41, 5.74) is 2.42. The van der Waals surface area contributed by atoms with E-state index in [-0.39, 0.29) is 17.3 Å². The van der Waals surface area contributed by atoms with Crippen LogP contribution in [0.4, 0.5) is 4.39 Å². The first-order valence-corrected chi connectivity index (χ1v) is 9.58. The Morgan fingerprint density at radius 1 is 1.17 bits per heavy atom. The quantitative estimate of drug-likeness (QED) is 0.507. The van der Waals surface area contributed by atoms with Crippen molar-refractivity contribution in [3.63, 3.8) is 0 Å². The van der Waals surface area contributed by atoms with Crippen molar-refractivity contribution >= 4 is 27.7 Å². The molecule has 4 rings (SSSR count). The second-order valence-corrected chi connectivity index (χ2v) is 6.97. The SMILES string of the molecule is O=C(CCCn1cnc2ccccc2c1=O)NCCc1c[nH]c2ccc(F)cc12. The molecular formula is C22H21FN4O2. The van der Waals surface area contributed by atoms with Gasteiger partial charge in [0.25, 0.3) is 5.56 Å². The molecule has 2 aromatic heterocycles. The topological polar surface area (TPSA) is 79.8 Å². The second kappa shape index (κ2) is 8.26. The van der Waals surface area contributed by atoms with Crippen LogP contribution in [0.25, 0.3) is 21.8 Å². The summed E-state index contributed by atoms with van der Waals surface area (Å²) >= 11 is 0. The number of aromatic nitrogens is 3. The number of hydrogen-bond acceptors (Lipinski definition) is 3. The monoisotopic (exact) mass is 392 g/mol. The molecule has 0 spiro atoms. The average Bonchev–Trinajstić information content (AvgIpc) is 3.12. The van der Waals surface area contributed by atoms with Crippen molar-refractivity contribution in [2.45, 2.75) is 25.8 Å². The first kappa shape index (κ1) is 18.9. The zero-order chi connectivity index (χ0) is 20.2. The van der Waals surface area contributed by atoms with E-state index in [1.807, 2.05) is 18.3 Å². The summed E-state index contributed by atoms with van der Waals surface area (Å²) in [6.07, 6.45) is 4.85. The number of carbonyl (C=O) groups is 1. The van der Waals surface area contributed by atoms with Crippen LogP contribution in [-0.4, -0.2) is 27.0 Å². The van der Waals surface area contributed by atoms with Gasteiger partial charge in [0.1, 0.15) is 5.82 Å². The standard InChI is InChI=1S/C22H21FN4O2/c23-16-7-8-20-18(12-16)15(13-25-20)9-10-24-21(28)6-3-11-27-14-26-19-5-2-1-4-17(19)22(27)29/h1-2,4-5,7-8,12-14,25H,3,6,9-11H2,(H,24,28). The third-order valence-corrected chi connectivity index (χ3v) is 4.98. The maximum absolute atomic E-state index is 13.4. The van der Waals surface area contributed by atoms with E-state index >= 15 is 0 Å². The van der Waals surface area contributed by atoms with Crippen molar-refractivity contribution in [1.29, 1.82) is 0 Å². The average molecular weight is 392 g/mol. The number of fused-ring (bicyclic) bond motifs is 2. The predicted molar refractivity (Wildman–Crippen MR) is 110 cm³/mol. The first-order valence-electron chi connectivity index (χ1n) is 9.58. The molecule has 0 aliphatic rings. The Morgan fingerprint density at radius 2 is 2.03 bits per heavy atom. The fourth-order valence-corrected chi connectivity index (χ4v) is 3.46. The van der Waals surface area contributed by atoms with Crippen molar-refractivity contribution < 1.29 is 9.18 Å². The number of nitrogens with zero attached hydrogens (tertiary/aromatic N) is 2. The lowest BCUT2D eigenvalue weighted by Gasteiger charge is -2.07. The number of carbonyl (C=O) groups excluding carboxylic acids is 1. The van der Waals surface area contributed by atoms with E-state index in [9.17, 15) is 14.0 Å². The van der Waals surface area contributed by atoms with Crippen LogP contribution >= 0.6 is 0 Å². The number of halogens is 1. The highest BCUT2D eigenvalue weighted by Gasteiger charge is 2.07. The van der Waals surface area contributed by atoms with Crippen LogP contribution < -0.4 is 10.9 Å². The van der Waals surface area contributed by atoms with Gasteiger partial charge in [-0.2, -0.15) is 0 Å². The molecule has 6 nitrogen and oxygen atoms in total. The van der Waals surface area contributed by atoms with Crippen LogP contribution in [-0.2, 0) is 17.8 Å². The fourth-order valence-electron chi connectivity index (χ4n) is 3.46. The van der Waals surface area contributed by atoms with Crippen LogP contribution in [0.3, 0.4) is 0 Å². The summed E-state index contributed by atoms with van der Waals surface area (Å²) in [6, 6.07) is 11.8. The summed E-state index contributed by atoms with van der Waals surface area (Å²) in [6.45, 7) is 0.908. The lowest BCUT2D eigenvalue weighted by Crippen LogP contribution is -2.26. The minimum atomic E-state index is -0.277. The van der Waals surface area contributed by atoms with Crippen molar-refractivity contribution in [2.75, 3.05) is 6.54 Å². The number of amides is 1. The molecule has 0 radical (unpaired) electrons. The molecule has 2 aromatic carbocycles. The smallest absolute Gasteiger partial charge is 0.261 e. The number of benzene rings is 2. The Hall–Kier alpha value is -3.48. The Bertz CT molecular complexity index is 1230. The first-order chi connectivity index (χ1) is 14.1. The van der Waals surface area contributed by atoms with Crippen LogP contribution in [0.1, 0.15) is 18.4 Å². The van der Waals surface area contributed by atoms with E-state index in [2.05, 4.69) is 15.3 Å². The van der Waals surface area contributed by atoms with Crippen LogP contribution in [0.15, 0.2) is 59.8 Å². The molecule has 0 saturated heterocycles. The van der Waals surface area contributed by atoms with Gasteiger partial charge in [-0.3, -0.25) is 14.2 Å². The molecule has 0 saturated carbocycles. The van der Waals surface area contributed by atoms with E-state index in [1.165, 1.54) is 23.0 Å². The predicted octanol–water partition coefficient (Wildman–Crippen LogP) is 3.16. The lowest BCUT2D eigenvalue weighted by atomic mass is 10.1. The molecule has 0 atom stereocenters. The molecule has 1 amide bonds. The Morgan fingerprint density at radius 3 is 2.93 bits per heavy atom. The van der Waals surface area contributed by atoms with Gasteiger partial charge in [0, 0.05) is 36.6 Å². The minimum Gasteiger partial charge on any atom is -0.361 e. The third kappa shape index (κ3) is 4.18. The van der Waals surface area contributed by atoms with Crippen LogP contribution in [0.5, 0.6) is 0 Å². The van der Waals surface area contributed by atoms with Crippen molar-refractivity contribution in [3.8, 4) is 0 Å². The number of aromatic amines is 1. The number of nitrogens with one attached hydrogen (secondary N) is 2. The molecule has 0 aliphatic carbocycles. The highest BCUT2D eigenvalue weighted by Crippen LogP contribution is 2.19. The van der Waals surface area contributed by atoms with Gasteiger partial charge >= 0.3 is 0 Å². The maximum Gasteiger partial charge on any atom is 0.261 e. The van der Waals surface area contributed by atoms with Gasteiger partial charge in [-0.1, -0.05) is 12.1 Å². The van der Waals surface area contributed by atoms with Crippen molar-refractivity contribution in [1.82, 2.24) is 19.9 Å². The highest BCUT2D eigenvalue weighted by atomic mass is 19.1. The third-order valence-electron chi connectivity index (χ3n) is 4.98. The maximum atomic E-state index is 13.4. The van der Waals surface area contributed by atoms with E-state index in [4.69, 9.17) is 0 Å². The molecule has 0 bridgehead atoms. The van der Waals surface area contributed by atoms with Gasteiger partial charge < -0.3 is 10.3 Å². The summed E-state index contributed by atoms with van der Waals surface area (Å²) in [4.78, 5) is 31.9. The molecule has 4 aromatic rings. The molecule has 2 N–H and O–H groups in total. The van der Waals surface area contributed by atoms with E-state index in [1.54, 1.807) is 18.2 Å². The zero-order valence-corrected chi connectivity index (χ0v) is 15.8. The normalized spacial score (nSPS) is 11.2. The number of para-hydroxylation sites is 1.